The van der Waals surface area contributed by atoms with Crippen LogP contribution in [0.25, 0.3) is 0 Å². The highest BCUT2D eigenvalue weighted by molar-refractivity contribution is 4.91. The van der Waals surface area contributed by atoms with Gasteiger partial charge in [-0.1, -0.05) is 0 Å². The van der Waals surface area contributed by atoms with Gasteiger partial charge in [0.05, 0.1) is 0 Å². The van der Waals surface area contributed by atoms with Crippen LogP contribution in [0.5, 0.6) is 0 Å². The van der Waals surface area contributed by atoms with Crippen LogP contribution in [-0.4, -0.2) is 55.6 Å². The molecule has 2 bridgehead atoms. The topological polar surface area (TPSA) is 32.5 Å². The van der Waals surface area contributed by atoms with Crippen molar-refractivity contribution in [3.8, 4) is 0 Å². The summed E-state index contributed by atoms with van der Waals surface area (Å²) in [6.45, 7) is 5.82. The molecule has 3 unspecified atom stereocenters. The first kappa shape index (κ1) is 9.44. The summed E-state index contributed by atoms with van der Waals surface area (Å²) in [6.07, 6.45) is 2.75. The lowest BCUT2D eigenvalue weighted by Gasteiger charge is -2.36. The Morgan fingerprint density at radius 1 is 1.38 bits per heavy atom. The van der Waals surface area contributed by atoms with Gasteiger partial charge >= 0.3 is 0 Å². The zero-order valence-electron chi connectivity index (χ0n) is 8.58. The van der Waals surface area contributed by atoms with Gasteiger partial charge in [0.1, 0.15) is 0 Å². The van der Waals surface area contributed by atoms with Gasteiger partial charge in [0.2, 0.25) is 0 Å². The first-order valence-corrected chi connectivity index (χ1v) is 5.44. The van der Waals surface area contributed by atoms with Crippen LogP contribution in [0.3, 0.4) is 0 Å². The van der Waals surface area contributed by atoms with Crippen LogP contribution in [0.1, 0.15) is 12.8 Å². The molecule has 3 atom stereocenters. The monoisotopic (exact) mass is 183 g/mol. The van der Waals surface area contributed by atoms with Crippen molar-refractivity contribution in [3.63, 3.8) is 0 Å². The van der Waals surface area contributed by atoms with Gasteiger partial charge in [0, 0.05) is 25.7 Å². The third kappa shape index (κ3) is 1.87. The van der Waals surface area contributed by atoms with E-state index >= 15 is 0 Å². The number of likely N-dealkylation sites (N-methyl/N-ethyl adjacent to an activating group) is 1. The number of fused-ring (bicyclic) bond motifs is 2. The van der Waals surface area contributed by atoms with Crippen molar-refractivity contribution < 1.29 is 0 Å². The first-order chi connectivity index (χ1) is 6.31. The van der Waals surface area contributed by atoms with Crippen molar-refractivity contribution in [2.45, 2.75) is 18.9 Å². The van der Waals surface area contributed by atoms with Crippen LogP contribution in [0, 0.1) is 5.92 Å². The molecular weight excluding hydrogens is 162 g/mol. The van der Waals surface area contributed by atoms with Crippen molar-refractivity contribution in [3.05, 3.63) is 0 Å². The molecule has 3 heteroatoms. The Bertz CT molecular complexity index is 172. The molecule has 3 nitrogen and oxygen atoms in total. The maximum absolute atomic E-state index is 5.58. The third-order valence-electron chi connectivity index (χ3n) is 3.64. The Labute approximate surface area is 80.9 Å². The number of piperidine rings is 1. The van der Waals surface area contributed by atoms with Gasteiger partial charge < -0.3 is 15.5 Å². The SMILES string of the molecule is CN(CCN)C1CCN2CCC1C2. The molecule has 0 spiro atoms. The standard InChI is InChI=1S/C10H21N3/c1-12(7-4-11)10-3-6-13-5-2-9(10)8-13/h9-10H,2-8,11H2,1H3. The quantitative estimate of drug-likeness (QED) is 0.667. The fourth-order valence-corrected chi connectivity index (χ4v) is 2.88. The molecule has 0 radical (unpaired) electrons. The van der Waals surface area contributed by atoms with Crippen molar-refractivity contribution >= 4 is 0 Å². The van der Waals surface area contributed by atoms with Crippen LogP contribution in [0.4, 0.5) is 0 Å². The second kappa shape index (κ2) is 3.95. The van der Waals surface area contributed by atoms with E-state index in [0.717, 1.165) is 25.0 Å². The molecule has 0 amide bonds. The van der Waals surface area contributed by atoms with Crippen LogP contribution < -0.4 is 5.73 Å². The summed E-state index contributed by atoms with van der Waals surface area (Å²) in [5.41, 5.74) is 5.58. The number of nitrogens with two attached hydrogens (primary N) is 1. The third-order valence-corrected chi connectivity index (χ3v) is 3.64. The van der Waals surface area contributed by atoms with Crippen LogP contribution in [0.2, 0.25) is 0 Å². The van der Waals surface area contributed by atoms with Crippen LogP contribution >= 0.6 is 0 Å². The normalized spacial score (nSPS) is 38.5. The zero-order chi connectivity index (χ0) is 9.26. The lowest BCUT2D eigenvalue weighted by Crippen LogP contribution is -2.46. The Kier molecular flexibility index (Phi) is 2.86. The molecule has 13 heavy (non-hydrogen) atoms. The van der Waals surface area contributed by atoms with E-state index in [-0.39, 0.29) is 0 Å². The molecule has 2 aliphatic rings. The van der Waals surface area contributed by atoms with E-state index in [1.807, 2.05) is 0 Å². The van der Waals surface area contributed by atoms with Gasteiger partial charge in [-0.05, 0) is 38.9 Å². The van der Waals surface area contributed by atoms with E-state index in [1.165, 1.54) is 32.5 Å². The number of rotatable bonds is 3. The molecule has 0 aromatic carbocycles. The van der Waals surface area contributed by atoms with Crippen molar-refractivity contribution in [2.24, 2.45) is 11.7 Å². The Balaban J connectivity index is 1.91. The van der Waals surface area contributed by atoms with Gasteiger partial charge in [-0.3, -0.25) is 0 Å². The largest absolute Gasteiger partial charge is 0.329 e. The maximum Gasteiger partial charge on any atom is 0.0146 e. The summed E-state index contributed by atoms with van der Waals surface area (Å²) in [5, 5.41) is 0. The zero-order valence-corrected chi connectivity index (χ0v) is 8.58. The van der Waals surface area contributed by atoms with Gasteiger partial charge in [-0.2, -0.15) is 0 Å². The number of hydrogen-bond donors (Lipinski definition) is 1. The highest BCUT2D eigenvalue weighted by Crippen LogP contribution is 2.29. The molecule has 2 N–H and O–H groups in total. The van der Waals surface area contributed by atoms with Gasteiger partial charge in [-0.25, -0.2) is 0 Å². The molecule has 2 fully saturated rings. The van der Waals surface area contributed by atoms with E-state index in [2.05, 4.69) is 16.8 Å². The summed E-state index contributed by atoms with van der Waals surface area (Å²) < 4.78 is 0. The summed E-state index contributed by atoms with van der Waals surface area (Å²) in [5.74, 6) is 0.922. The van der Waals surface area contributed by atoms with Crippen LogP contribution in [0.15, 0.2) is 0 Å². The lowest BCUT2D eigenvalue weighted by molar-refractivity contribution is 0.126. The number of hydrogen-bond acceptors (Lipinski definition) is 3. The Morgan fingerprint density at radius 2 is 2.15 bits per heavy atom. The molecule has 0 aromatic rings. The van der Waals surface area contributed by atoms with Crippen molar-refractivity contribution in [1.82, 2.24) is 9.80 Å². The summed E-state index contributed by atoms with van der Waals surface area (Å²) >= 11 is 0. The molecule has 2 rings (SSSR count). The predicted molar refractivity (Wildman–Crippen MR) is 54.6 cm³/mol. The molecule has 0 saturated carbocycles. The summed E-state index contributed by atoms with van der Waals surface area (Å²) in [6, 6.07) is 0.808. The Morgan fingerprint density at radius 3 is 2.92 bits per heavy atom. The van der Waals surface area contributed by atoms with Crippen molar-refractivity contribution in [1.29, 1.82) is 0 Å². The highest BCUT2D eigenvalue weighted by Gasteiger charge is 2.35. The van der Waals surface area contributed by atoms with E-state index in [1.54, 1.807) is 0 Å². The van der Waals surface area contributed by atoms with Gasteiger partial charge in [0.15, 0.2) is 0 Å². The highest BCUT2D eigenvalue weighted by atomic mass is 15.2. The van der Waals surface area contributed by atoms with Gasteiger partial charge in [0.25, 0.3) is 0 Å². The first-order valence-electron chi connectivity index (χ1n) is 5.44. The average Bonchev–Trinajstić information content (AvgIpc) is 2.48. The predicted octanol–water partition coefficient (Wildman–Crippen LogP) is -0.0289. The Hall–Kier alpha value is -0.120. The molecular formula is C10H21N3. The number of nitrogens with zero attached hydrogens (tertiary/aromatic N) is 2. The molecule has 76 valence electrons. The molecule has 0 aliphatic carbocycles. The summed E-state index contributed by atoms with van der Waals surface area (Å²) in [7, 11) is 2.23. The lowest BCUT2D eigenvalue weighted by atomic mass is 9.93. The maximum atomic E-state index is 5.58. The second-order valence-electron chi connectivity index (χ2n) is 4.47. The average molecular weight is 183 g/mol. The van der Waals surface area contributed by atoms with Crippen molar-refractivity contribution in [2.75, 3.05) is 39.8 Å². The summed E-state index contributed by atoms with van der Waals surface area (Å²) in [4.78, 5) is 5.06. The van der Waals surface area contributed by atoms with Crippen LogP contribution in [-0.2, 0) is 0 Å². The van der Waals surface area contributed by atoms with Gasteiger partial charge in [-0.15, -0.1) is 0 Å². The minimum absolute atomic E-state index is 0.795. The minimum atomic E-state index is 0.795. The smallest absolute Gasteiger partial charge is 0.0146 e. The second-order valence-corrected chi connectivity index (χ2v) is 4.47. The molecule has 0 aromatic heterocycles. The fourth-order valence-electron chi connectivity index (χ4n) is 2.88. The van der Waals surface area contributed by atoms with E-state index in [0.29, 0.717) is 0 Å². The van der Waals surface area contributed by atoms with E-state index in [4.69, 9.17) is 5.73 Å². The van der Waals surface area contributed by atoms with E-state index < -0.39 is 0 Å². The van der Waals surface area contributed by atoms with E-state index in [9.17, 15) is 0 Å². The minimum Gasteiger partial charge on any atom is -0.329 e. The molecule has 2 aliphatic heterocycles. The fraction of sp³-hybridized carbons (Fsp3) is 1.00. The molecule has 2 saturated heterocycles. The molecule has 2 heterocycles.